The zero-order valence-corrected chi connectivity index (χ0v) is 12.8. The second-order valence-corrected chi connectivity index (χ2v) is 6.96. The van der Waals surface area contributed by atoms with Crippen LogP contribution in [0.25, 0.3) is 0 Å². The quantitative estimate of drug-likeness (QED) is 0.668. The largest absolute Gasteiger partial charge is 0.378 e. The molecule has 21 heavy (non-hydrogen) atoms. The molecule has 0 amide bonds. The van der Waals surface area contributed by atoms with E-state index in [4.69, 9.17) is 4.74 Å². The van der Waals surface area contributed by atoms with Crippen LogP contribution >= 0.6 is 0 Å². The molecule has 2 rings (SSSR count). The van der Waals surface area contributed by atoms with E-state index < -0.39 is 24.4 Å². The fourth-order valence-corrected chi connectivity index (χ4v) is 4.19. The van der Waals surface area contributed by atoms with Crippen molar-refractivity contribution in [3.63, 3.8) is 0 Å². The standard InChI is InChI=1S/C16H26F4O/c1-16(19,20)9-10-3-5-11(6-4-10)12-7-8-13(21-2)15(18)14(12)17/h10-15H,3-9H2,1-2H3. The lowest BCUT2D eigenvalue weighted by atomic mass is 9.68. The summed E-state index contributed by atoms with van der Waals surface area (Å²) >= 11 is 0. The normalized spacial score (nSPS) is 42.0. The SMILES string of the molecule is COC1CCC(C2CCC(CC(C)(F)F)CC2)C(F)C1F. The molecule has 2 aliphatic carbocycles. The molecule has 124 valence electrons. The number of methoxy groups -OCH3 is 1. The molecule has 5 heteroatoms. The summed E-state index contributed by atoms with van der Waals surface area (Å²) in [6.45, 7) is 0.955. The Balaban J connectivity index is 1.85. The first-order chi connectivity index (χ1) is 9.81. The molecule has 0 saturated heterocycles. The van der Waals surface area contributed by atoms with Crippen molar-refractivity contribution in [2.45, 2.75) is 76.2 Å². The highest BCUT2D eigenvalue weighted by Gasteiger charge is 2.44. The van der Waals surface area contributed by atoms with Crippen molar-refractivity contribution in [3.8, 4) is 0 Å². The van der Waals surface area contributed by atoms with Crippen LogP contribution in [-0.2, 0) is 4.74 Å². The number of rotatable bonds is 4. The smallest absolute Gasteiger partial charge is 0.245 e. The maximum atomic E-state index is 14.3. The van der Waals surface area contributed by atoms with Crippen LogP contribution in [0.1, 0.15) is 51.9 Å². The van der Waals surface area contributed by atoms with E-state index in [2.05, 4.69) is 0 Å². The number of ether oxygens (including phenoxy) is 1. The molecule has 4 atom stereocenters. The molecule has 0 radical (unpaired) electrons. The van der Waals surface area contributed by atoms with Gasteiger partial charge in [0.2, 0.25) is 5.92 Å². The lowest BCUT2D eigenvalue weighted by molar-refractivity contribution is -0.0741. The van der Waals surface area contributed by atoms with Gasteiger partial charge in [-0.05, 0) is 63.2 Å². The Kier molecular flexibility index (Phi) is 5.55. The van der Waals surface area contributed by atoms with Crippen LogP contribution in [0.5, 0.6) is 0 Å². The van der Waals surface area contributed by atoms with Crippen molar-refractivity contribution in [2.24, 2.45) is 17.8 Å². The first kappa shape index (κ1) is 17.0. The van der Waals surface area contributed by atoms with Crippen molar-refractivity contribution in [1.29, 1.82) is 0 Å². The molecular weight excluding hydrogens is 284 g/mol. The summed E-state index contributed by atoms with van der Waals surface area (Å²) < 4.78 is 59.2. The van der Waals surface area contributed by atoms with E-state index in [1.165, 1.54) is 7.11 Å². The Labute approximate surface area is 124 Å². The third-order valence-corrected chi connectivity index (χ3v) is 5.30. The van der Waals surface area contributed by atoms with Crippen molar-refractivity contribution in [3.05, 3.63) is 0 Å². The molecule has 4 unspecified atom stereocenters. The lowest BCUT2D eigenvalue weighted by Gasteiger charge is -2.41. The third kappa shape index (κ3) is 4.33. The second kappa shape index (κ2) is 6.84. The van der Waals surface area contributed by atoms with Gasteiger partial charge >= 0.3 is 0 Å². The molecular formula is C16H26F4O. The molecule has 0 bridgehead atoms. The first-order valence-corrected chi connectivity index (χ1v) is 8.00. The molecule has 0 heterocycles. The topological polar surface area (TPSA) is 9.23 Å². The highest BCUT2D eigenvalue weighted by molar-refractivity contribution is 4.93. The van der Waals surface area contributed by atoms with Gasteiger partial charge in [0, 0.05) is 13.5 Å². The minimum absolute atomic E-state index is 0.0239. The summed E-state index contributed by atoms with van der Waals surface area (Å²) in [5, 5.41) is 0. The van der Waals surface area contributed by atoms with Crippen LogP contribution < -0.4 is 0 Å². The van der Waals surface area contributed by atoms with E-state index in [9.17, 15) is 17.6 Å². The van der Waals surface area contributed by atoms with Gasteiger partial charge in [-0.15, -0.1) is 0 Å². The van der Waals surface area contributed by atoms with E-state index in [-0.39, 0.29) is 24.2 Å². The summed E-state index contributed by atoms with van der Waals surface area (Å²) in [6.07, 6.45) is 0.363. The minimum atomic E-state index is -2.62. The van der Waals surface area contributed by atoms with Crippen LogP contribution in [0.15, 0.2) is 0 Å². The predicted octanol–water partition coefficient (Wildman–Crippen LogP) is 4.94. The average molecular weight is 310 g/mol. The Bertz CT molecular complexity index is 323. The molecule has 2 fully saturated rings. The van der Waals surface area contributed by atoms with Gasteiger partial charge in [-0.2, -0.15) is 0 Å². The first-order valence-electron chi connectivity index (χ1n) is 8.00. The highest BCUT2D eigenvalue weighted by atomic mass is 19.3. The van der Waals surface area contributed by atoms with Gasteiger partial charge in [0.25, 0.3) is 0 Å². The molecule has 0 aromatic heterocycles. The molecule has 0 N–H and O–H groups in total. The van der Waals surface area contributed by atoms with E-state index in [1.54, 1.807) is 0 Å². The molecule has 2 saturated carbocycles. The summed E-state index contributed by atoms with van der Waals surface area (Å²) in [6, 6.07) is 0. The minimum Gasteiger partial charge on any atom is -0.378 e. The Morgan fingerprint density at radius 3 is 2.10 bits per heavy atom. The monoisotopic (exact) mass is 310 g/mol. The zero-order chi connectivity index (χ0) is 15.6. The van der Waals surface area contributed by atoms with E-state index in [0.717, 1.165) is 19.8 Å². The van der Waals surface area contributed by atoms with Crippen molar-refractivity contribution in [1.82, 2.24) is 0 Å². The van der Waals surface area contributed by atoms with E-state index in [1.807, 2.05) is 0 Å². The van der Waals surface area contributed by atoms with Crippen LogP contribution in [0, 0.1) is 17.8 Å². The number of hydrogen-bond acceptors (Lipinski definition) is 1. The van der Waals surface area contributed by atoms with Crippen molar-refractivity contribution >= 4 is 0 Å². The Hall–Kier alpha value is -0.320. The van der Waals surface area contributed by atoms with Gasteiger partial charge in [0.1, 0.15) is 6.17 Å². The van der Waals surface area contributed by atoms with Crippen molar-refractivity contribution < 1.29 is 22.3 Å². The van der Waals surface area contributed by atoms with Gasteiger partial charge in [-0.1, -0.05) is 0 Å². The van der Waals surface area contributed by atoms with Crippen LogP contribution in [0.3, 0.4) is 0 Å². The summed E-state index contributed by atoms with van der Waals surface area (Å²) in [7, 11) is 1.42. The summed E-state index contributed by atoms with van der Waals surface area (Å²) in [5.74, 6) is -2.73. The summed E-state index contributed by atoms with van der Waals surface area (Å²) in [5.41, 5.74) is 0. The van der Waals surface area contributed by atoms with E-state index in [0.29, 0.717) is 25.7 Å². The zero-order valence-electron chi connectivity index (χ0n) is 12.8. The van der Waals surface area contributed by atoms with Crippen LogP contribution in [0.2, 0.25) is 0 Å². The highest BCUT2D eigenvalue weighted by Crippen LogP contribution is 2.44. The van der Waals surface area contributed by atoms with Crippen LogP contribution in [-0.4, -0.2) is 31.5 Å². The molecule has 0 spiro atoms. The Morgan fingerprint density at radius 2 is 1.57 bits per heavy atom. The fourth-order valence-electron chi connectivity index (χ4n) is 4.19. The second-order valence-electron chi connectivity index (χ2n) is 6.96. The number of hydrogen-bond donors (Lipinski definition) is 0. The van der Waals surface area contributed by atoms with E-state index >= 15 is 0 Å². The molecule has 0 aromatic carbocycles. The fraction of sp³-hybridized carbons (Fsp3) is 1.00. The molecule has 0 aliphatic heterocycles. The van der Waals surface area contributed by atoms with Gasteiger partial charge in [0.15, 0.2) is 6.17 Å². The molecule has 1 nitrogen and oxygen atoms in total. The lowest BCUT2D eigenvalue weighted by Crippen LogP contribution is -2.45. The van der Waals surface area contributed by atoms with Crippen molar-refractivity contribution in [2.75, 3.05) is 7.11 Å². The summed E-state index contributed by atoms with van der Waals surface area (Å²) in [4.78, 5) is 0. The average Bonchev–Trinajstić information content (AvgIpc) is 2.41. The third-order valence-electron chi connectivity index (χ3n) is 5.30. The molecule has 0 aromatic rings. The molecule has 2 aliphatic rings. The van der Waals surface area contributed by atoms with Gasteiger partial charge in [-0.3, -0.25) is 0 Å². The number of alkyl halides is 4. The van der Waals surface area contributed by atoms with Gasteiger partial charge in [0.05, 0.1) is 6.10 Å². The maximum Gasteiger partial charge on any atom is 0.245 e. The maximum absolute atomic E-state index is 14.3. The number of halogens is 4. The predicted molar refractivity (Wildman–Crippen MR) is 74.0 cm³/mol. The van der Waals surface area contributed by atoms with Crippen LogP contribution in [0.4, 0.5) is 17.6 Å². The Morgan fingerprint density at radius 1 is 0.952 bits per heavy atom. The van der Waals surface area contributed by atoms with Gasteiger partial charge < -0.3 is 4.74 Å². The van der Waals surface area contributed by atoms with Gasteiger partial charge in [-0.25, -0.2) is 17.6 Å².